The zero-order chi connectivity index (χ0) is 20.6. The van der Waals surface area contributed by atoms with Crippen LogP contribution in [-0.2, 0) is 24.3 Å². The lowest BCUT2D eigenvalue weighted by atomic mass is 9.99. The first-order valence-electron chi connectivity index (χ1n) is 8.30. The molecule has 2 saturated heterocycles. The Hall–Kier alpha value is -2.58. The molecule has 0 aliphatic carbocycles. The molecule has 1 aromatic rings. The third kappa shape index (κ3) is 3.83. The highest BCUT2D eigenvalue weighted by atomic mass is 32.3. The highest BCUT2D eigenvalue weighted by molar-refractivity contribution is 7.80. The Balaban J connectivity index is 1.73. The van der Waals surface area contributed by atoms with Gasteiger partial charge in [-0.25, -0.2) is 15.6 Å². The summed E-state index contributed by atoms with van der Waals surface area (Å²) in [5.41, 5.74) is 6.34. The molecule has 2 bridgehead atoms. The Morgan fingerprint density at radius 1 is 1.25 bits per heavy atom. The van der Waals surface area contributed by atoms with Crippen LogP contribution in [0, 0.1) is 0 Å². The highest BCUT2D eigenvalue weighted by Crippen LogP contribution is 2.31. The molecule has 28 heavy (non-hydrogen) atoms. The molecule has 0 spiro atoms. The molecule has 13 heteroatoms. The van der Waals surface area contributed by atoms with Crippen molar-refractivity contribution in [2.45, 2.75) is 31.0 Å². The quantitative estimate of drug-likeness (QED) is 0.234. The number of urea groups is 1. The lowest BCUT2D eigenvalue weighted by Gasteiger charge is -2.31. The number of nitrogens with zero attached hydrogens (tertiary/aromatic N) is 3. The molecule has 12 nitrogen and oxygen atoms in total. The minimum atomic E-state index is -4.90. The maximum Gasteiger partial charge on any atom is 0.418 e. The van der Waals surface area contributed by atoms with Crippen LogP contribution in [-0.4, -0.2) is 64.4 Å². The topological polar surface area (TPSA) is 177 Å². The predicted octanol–water partition coefficient (Wildman–Crippen LogP) is -1.08. The van der Waals surface area contributed by atoms with Crippen LogP contribution in [0.3, 0.4) is 0 Å². The summed E-state index contributed by atoms with van der Waals surface area (Å²) in [6.07, 6.45) is 0.336. The number of amides is 4. The SMILES string of the molecule is NC(C(=O)N(N)C(=O)[C@@H]1CC[C@@H]2CN1C(=O)N2OS(=O)(=O)O)c1ccccc1. The number of hydrogen-bond donors (Lipinski definition) is 3. The molecular formula is C15H19N5O7S. The Morgan fingerprint density at radius 2 is 1.89 bits per heavy atom. The largest absolute Gasteiger partial charge is 0.418 e. The number of imide groups is 1. The van der Waals surface area contributed by atoms with Crippen LogP contribution in [0.25, 0.3) is 0 Å². The van der Waals surface area contributed by atoms with Gasteiger partial charge in [0.2, 0.25) is 0 Å². The monoisotopic (exact) mass is 413 g/mol. The molecule has 0 aromatic heterocycles. The molecule has 0 saturated carbocycles. The zero-order valence-electron chi connectivity index (χ0n) is 14.5. The first-order chi connectivity index (χ1) is 13.1. The van der Waals surface area contributed by atoms with Crippen molar-refractivity contribution in [1.29, 1.82) is 0 Å². The molecule has 2 fully saturated rings. The maximum absolute atomic E-state index is 12.7. The van der Waals surface area contributed by atoms with E-state index < -0.39 is 46.4 Å². The van der Waals surface area contributed by atoms with Crippen molar-refractivity contribution in [3.05, 3.63) is 35.9 Å². The highest BCUT2D eigenvalue weighted by Gasteiger charge is 2.50. The Kier molecular flexibility index (Phi) is 5.36. The average molecular weight is 413 g/mol. The minimum absolute atomic E-state index is 0.0163. The van der Waals surface area contributed by atoms with Crippen molar-refractivity contribution in [3.8, 4) is 0 Å². The summed E-state index contributed by atoms with van der Waals surface area (Å²) >= 11 is 0. The van der Waals surface area contributed by atoms with Crippen LogP contribution in [0.2, 0.25) is 0 Å². The van der Waals surface area contributed by atoms with E-state index in [1.807, 2.05) is 0 Å². The molecule has 2 aliphatic heterocycles. The van der Waals surface area contributed by atoms with Crippen LogP contribution >= 0.6 is 0 Å². The fourth-order valence-corrected chi connectivity index (χ4v) is 3.70. The van der Waals surface area contributed by atoms with Crippen molar-refractivity contribution in [2.24, 2.45) is 11.6 Å². The van der Waals surface area contributed by atoms with Crippen LogP contribution in [0.1, 0.15) is 24.4 Å². The number of carbonyl (C=O) groups is 3. The van der Waals surface area contributed by atoms with Gasteiger partial charge in [-0.15, -0.1) is 4.28 Å². The van der Waals surface area contributed by atoms with Crippen molar-refractivity contribution >= 4 is 28.2 Å². The molecule has 152 valence electrons. The van der Waals surface area contributed by atoms with E-state index in [4.69, 9.17) is 16.1 Å². The van der Waals surface area contributed by atoms with Gasteiger partial charge in [0.05, 0.1) is 6.04 Å². The molecule has 4 amide bonds. The van der Waals surface area contributed by atoms with E-state index in [9.17, 15) is 22.8 Å². The van der Waals surface area contributed by atoms with Gasteiger partial charge < -0.3 is 10.6 Å². The minimum Gasteiger partial charge on any atom is -0.316 e. The number of carbonyl (C=O) groups excluding carboxylic acids is 3. The molecular weight excluding hydrogens is 394 g/mol. The number of rotatable bonds is 5. The molecule has 3 rings (SSSR count). The lowest BCUT2D eigenvalue weighted by Crippen LogP contribution is -2.56. The van der Waals surface area contributed by atoms with E-state index in [1.54, 1.807) is 30.3 Å². The second-order valence-electron chi connectivity index (χ2n) is 6.44. The molecule has 1 aromatic carbocycles. The smallest absolute Gasteiger partial charge is 0.316 e. The van der Waals surface area contributed by atoms with Crippen molar-refractivity contribution in [2.75, 3.05) is 6.54 Å². The number of hydrazine groups is 1. The van der Waals surface area contributed by atoms with Gasteiger partial charge in [-0.05, 0) is 18.4 Å². The number of benzene rings is 1. The van der Waals surface area contributed by atoms with E-state index >= 15 is 0 Å². The van der Waals surface area contributed by atoms with Crippen LogP contribution in [0.5, 0.6) is 0 Å². The lowest BCUT2D eigenvalue weighted by molar-refractivity contribution is -0.149. The predicted molar refractivity (Wildman–Crippen MR) is 92.8 cm³/mol. The van der Waals surface area contributed by atoms with Crippen LogP contribution in [0.15, 0.2) is 30.3 Å². The number of piperidine rings is 1. The first-order valence-corrected chi connectivity index (χ1v) is 9.66. The third-order valence-corrected chi connectivity index (χ3v) is 5.03. The van der Waals surface area contributed by atoms with Crippen LogP contribution in [0.4, 0.5) is 4.79 Å². The zero-order valence-corrected chi connectivity index (χ0v) is 15.4. The fraction of sp³-hybridized carbons (Fsp3) is 0.400. The normalized spacial score (nSPS) is 22.9. The van der Waals surface area contributed by atoms with E-state index in [2.05, 4.69) is 4.28 Å². The van der Waals surface area contributed by atoms with Gasteiger partial charge in [0.25, 0.3) is 11.8 Å². The van der Waals surface area contributed by atoms with Crippen molar-refractivity contribution < 1.29 is 31.6 Å². The molecule has 2 heterocycles. The molecule has 3 atom stereocenters. The maximum atomic E-state index is 12.7. The van der Waals surface area contributed by atoms with E-state index in [0.29, 0.717) is 15.6 Å². The summed E-state index contributed by atoms with van der Waals surface area (Å²) in [6.45, 7) is -0.0163. The van der Waals surface area contributed by atoms with Gasteiger partial charge in [-0.2, -0.15) is 13.5 Å². The molecule has 5 N–H and O–H groups in total. The first kappa shape index (κ1) is 20.2. The summed E-state index contributed by atoms with van der Waals surface area (Å²) in [5.74, 6) is 3.98. The number of nitrogens with two attached hydrogens (primary N) is 2. The van der Waals surface area contributed by atoms with Gasteiger partial charge in [0.1, 0.15) is 12.1 Å². The van der Waals surface area contributed by atoms with Crippen LogP contribution < -0.4 is 11.6 Å². The fourth-order valence-electron chi connectivity index (χ4n) is 3.31. The van der Waals surface area contributed by atoms with E-state index in [1.165, 1.54) is 0 Å². The van der Waals surface area contributed by atoms with Gasteiger partial charge in [0, 0.05) is 6.54 Å². The number of hydrogen-bond acceptors (Lipinski definition) is 8. The summed E-state index contributed by atoms with van der Waals surface area (Å²) in [5, 5.41) is 0.878. The Labute approximate surface area is 160 Å². The van der Waals surface area contributed by atoms with Gasteiger partial charge in [0.15, 0.2) is 0 Å². The molecule has 2 aliphatic rings. The molecule has 1 unspecified atom stereocenters. The Morgan fingerprint density at radius 3 is 2.50 bits per heavy atom. The summed E-state index contributed by atoms with van der Waals surface area (Å²) < 4.78 is 34.9. The number of fused-ring (bicyclic) bond motifs is 2. The standard InChI is InChI=1S/C15H19N5O7S/c16-12(9-4-2-1-3-5-9)14(22)19(17)13(21)11-7-6-10-8-18(11)15(23)20(10)27-28(24,25)26/h1-5,10-12H,6-8,16-17H2,(H,24,25,26)/t10-,11+,12?/m1/s1. The second kappa shape index (κ2) is 7.44. The van der Waals surface area contributed by atoms with Gasteiger partial charge in [-0.3, -0.25) is 14.1 Å². The van der Waals surface area contributed by atoms with Gasteiger partial charge in [-0.1, -0.05) is 30.3 Å². The summed E-state index contributed by atoms with van der Waals surface area (Å²) in [6, 6.07) is 4.48. The van der Waals surface area contributed by atoms with Crippen molar-refractivity contribution in [1.82, 2.24) is 15.0 Å². The van der Waals surface area contributed by atoms with E-state index in [0.717, 1.165) is 4.90 Å². The summed E-state index contributed by atoms with van der Waals surface area (Å²) in [7, 11) is -4.90. The summed E-state index contributed by atoms with van der Waals surface area (Å²) in [4.78, 5) is 38.6. The molecule has 0 radical (unpaired) electrons. The average Bonchev–Trinajstić information content (AvgIpc) is 2.90. The third-order valence-electron chi connectivity index (χ3n) is 4.68. The van der Waals surface area contributed by atoms with E-state index in [-0.39, 0.29) is 19.4 Å². The van der Waals surface area contributed by atoms with Crippen molar-refractivity contribution in [3.63, 3.8) is 0 Å². The second-order valence-corrected chi connectivity index (χ2v) is 7.45. The van der Waals surface area contributed by atoms with Gasteiger partial charge >= 0.3 is 16.4 Å². The number of hydroxylamine groups is 2. The Bertz CT molecular complexity index is 893.